The summed E-state index contributed by atoms with van der Waals surface area (Å²) in [6.45, 7) is 12.5. The third-order valence-corrected chi connectivity index (χ3v) is 4.40. The Morgan fingerprint density at radius 2 is 1.78 bits per heavy atom. The highest BCUT2D eigenvalue weighted by molar-refractivity contribution is 5.03. The first-order chi connectivity index (χ1) is 8.69. The van der Waals surface area contributed by atoms with Crippen LogP contribution in [-0.4, -0.2) is 48.6 Å². The topological polar surface area (TPSA) is 6.48 Å². The molecule has 2 heteroatoms. The summed E-state index contributed by atoms with van der Waals surface area (Å²) < 4.78 is 0. The Labute approximate surface area is 113 Å². The van der Waals surface area contributed by atoms with E-state index in [4.69, 9.17) is 0 Å². The molecule has 0 aromatic rings. The van der Waals surface area contributed by atoms with Gasteiger partial charge in [0.05, 0.1) is 6.54 Å². The van der Waals surface area contributed by atoms with Gasteiger partial charge in [0.15, 0.2) is 0 Å². The van der Waals surface area contributed by atoms with Gasteiger partial charge < -0.3 is 0 Å². The lowest BCUT2D eigenvalue weighted by atomic mass is 9.77. The van der Waals surface area contributed by atoms with Gasteiger partial charge in [-0.25, -0.2) is 0 Å². The lowest BCUT2D eigenvalue weighted by Crippen LogP contribution is -2.53. The predicted octanol–water partition coefficient (Wildman–Crippen LogP) is 2.45. The fraction of sp³-hybridized carbons (Fsp3) is 0.875. The van der Waals surface area contributed by atoms with Crippen LogP contribution in [0, 0.1) is 23.7 Å². The number of piperazine rings is 1. The second-order valence-electron chi connectivity index (χ2n) is 6.19. The van der Waals surface area contributed by atoms with Crippen LogP contribution in [0.3, 0.4) is 0 Å². The van der Waals surface area contributed by atoms with Gasteiger partial charge in [-0.1, -0.05) is 39.0 Å². The van der Waals surface area contributed by atoms with E-state index in [1.807, 2.05) is 0 Å². The van der Waals surface area contributed by atoms with Gasteiger partial charge >= 0.3 is 0 Å². The van der Waals surface area contributed by atoms with E-state index in [2.05, 4.69) is 42.4 Å². The van der Waals surface area contributed by atoms with Crippen LogP contribution in [0.5, 0.6) is 0 Å². The molecule has 0 aromatic heterocycles. The van der Waals surface area contributed by atoms with E-state index in [9.17, 15) is 0 Å². The maximum atomic E-state index is 3.30. The van der Waals surface area contributed by atoms with E-state index in [0.717, 1.165) is 18.5 Å². The van der Waals surface area contributed by atoms with E-state index in [-0.39, 0.29) is 0 Å². The minimum atomic E-state index is 0.507. The zero-order valence-electron chi connectivity index (χ0n) is 12.3. The van der Waals surface area contributed by atoms with Gasteiger partial charge in [-0.15, -0.1) is 0 Å². The minimum Gasteiger partial charge on any atom is -0.298 e. The van der Waals surface area contributed by atoms with Crippen LogP contribution in [0.25, 0.3) is 0 Å². The average molecular weight is 248 g/mol. The minimum absolute atomic E-state index is 0.507. The Hall–Kier alpha value is -0.520. The molecular formula is C16H28N2. The molecular weight excluding hydrogens is 220 g/mol. The fourth-order valence-electron chi connectivity index (χ4n) is 2.98. The molecule has 2 rings (SSSR count). The van der Waals surface area contributed by atoms with Gasteiger partial charge in [0.1, 0.15) is 0 Å². The molecule has 0 atom stereocenters. The summed E-state index contributed by atoms with van der Waals surface area (Å²) in [5, 5.41) is 0. The summed E-state index contributed by atoms with van der Waals surface area (Å²) in [5.41, 5.74) is 0. The molecule has 1 aliphatic carbocycles. The van der Waals surface area contributed by atoms with Gasteiger partial charge in [-0.2, -0.15) is 0 Å². The van der Waals surface area contributed by atoms with Gasteiger partial charge in [0, 0.05) is 38.1 Å². The van der Waals surface area contributed by atoms with E-state index in [1.54, 1.807) is 0 Å². The SMILES string of the molecule is CCC1CC(N2CCN(CC#CC(C)C)CC2)C1. The molecule has 0 N–H and O–H groups in total. The Bertz CT molecular complexity index is 299. The first-order valence-corrected chi connectivity index (χ1v) is 7.63. The molecule has 0 amide bonds. The summed E-state index contributed by atoms with van der Waals surface area (Å²) in [5.74, 6) is 8.08. The lowest BCUT2D eigenvalue weighted by Gasteiger charge is -2.46. The van der Waals surface area contributed by atoms with E-state index >= 15 is 0 Å². The van der Waals surface area contributed by atoms with E-state index in [1.165, 1.54) is 45.4 Å². The molecule has 0 bridgehead atoms. The zero-order chi connectivity index (χ0) is 13.0. The van der Waals surface area contributed by atoms with Crippen LogP contribution in [0.1, 0.15) is 40.0 Å². The maximum absolute atomic E-state index is 3.30. The number of hydrogen-bond acceptors (Lipinski definition) is 2. The van der Waals surface area contributed by atoms with Crippen molar-refractivity contribution in [2.45, 2.75) is 46.1 Å². The third kappa shape index (κ3) is 3.73. The van der Waals surface area contributed by atoms with Crippen molar-refractivity contribution in [3.63, 3.8) is 0 Å². The van der Waals surface area contributed by atoms with Crippen molar-refractivity contribution in [1.82, 2.24) is 9.80 Å². The van der Waals surface area contributed by atoms with Crippen molar-refractivity contribution in [3.8, 4) is 11.8 Å². The number of nitrogens with zero attached hydrogens (tertiary/aromatic N) is 2. The molecule has 102 valence electrons. The monoisotopic (exact) mass is 248 g/mol. The molecule has 2 fully saturated rings. The summed E-state index contributed by atoms with van der Waals surface area (Å²) >= 11 is 0. The first-order valence-electron chi connectivity index (χ1n) is 7.63. The molecule has 1 heterocycles. The Balaban J connectivity index is 1.65. The second-order valence-corrected chi connectivity index (χ2v) is 6.19. The molecule has 1 saturated carbocycles. The zero-order valence-corrected chi connectivity index (χ0v) is 12.3. The van der Waals surface area contributed by atoms with Crippen molar-refractivity contribution in [2.75, 3.05) is 32.7 Å². The average Bonchev–Trinajstić information content (AvgIpc) is 2.29. The normalized spacial score (nSPS) is 29.8. The van der Waals surface area contributed by atoms with Crippen LogP contribution >= 0.6 is 0 Å². The summed E-state index contributed by atoms with van der Waals surface area (Å²) in [7, 11) is 0. The highest BCUT2D eigenvalue weighted by atomic mass is 15.3. The summed E-state index contributed by atoms with van der Waals surface area (Å²) in [6, 6.07) is 0.902. The number of rotatable bonds is 3. The first kappa shape index (κ1) is 13.9. The quantitative estimate of drug-likeness (QED) is 0.708. The predicted molar refractivity (Wildman–Crippen MR) is 77.4 cm³/mol. The van der Waals surface area contributed by atoms with Crippen molar-refractivity contribution in [3.05, 3.63) is 0 Å². The van der Waals surface area contributed by atoms with Gasteiger partial charge in [-0.3, -0.25) is 9.80 Å². The smallest absolute Gasteiger partial charge is 0.0602 e. The highest BCUT2D eigenvalue weighted by Gasteiger charge is 2.33. The highest BCUT2D eigenvalue weighted by Crippen LogP contribution is 2.34. The van der Waals surface area contributed by atoms with Crippen molar-refractivity contribution in [2.24, 2.45) is 11.8 Å². The lowest BCUT2D eigenvalue weighted by molar-refractivity contribution is 0.0358. The van der Waals surface area contributed by atoms with Gasteiger partial charge in [-0.05, 0) is 18.8 Å². The molecule has 0 spiro atoms. The van der Waals surface area contributed by atoms with Crippen LogP contribution in [0.15, 0.2) is 0 Å². The molecule has 18 heavy (non-hydrogen) atoms. The largest absolute Gasteiger partial charge is 0.298 e. The molecule has 2 aliphatic rings. The molecule has 2 nitrogen and oxygen atoms in total. The summed E-state index contributed by atoms with van der Waals surface area (Å²) in [4.78, 5) is 5.21. The Kier molecular flexibility index (Phi) is 5.09. The Morgan fingerprint density at radius 3 is 2.33 bits per heavy atom. The molecule has 0 aromatic carbocycles. The maximum Gasteiger partial charge on any atom is 0.0602 e. The Morgan fingerprint density at radius 1 is 1.11 bits per heavy atom. The van der Waals surface area contributed by atoms with Gasteiger partial charge in [0.25, 0.3) is 0 Å². The molecule has 1 saturated heterocycles. The summed E-state index contributed by atoms with van der Waals surface area (Å²) in [6.07, 6.45) is 4.27. The molecule has 0 radical (unpaired) electrons. The van der Waals surface area contributed by atoms with Crippen molar-refractivity contribution in [1.29, 1.82) is 0 Å². The van der Waals surface area contributed by atoms with Crippen LogP contribution < -0.4 is 0 Å². The second kappa shape index (κ2) is 6.59. The molecule has 0 unspecified atom stereocenters. The standard InChI is InChI=1S/C16H28N2/c1-4-15-12-16(13-15)18-10-8-17(9-11-18)7-5-6-14(2)3/h14-16H,4,7-13H2,1-3H3. The van der Waals surface area contributed by atoms with E-state index < -0.39 is 0 Å². The van der Waals surface area contributed by atoms with Crippen LogP contribution in [-0.2, 0) is 0 Å². The van der Waals surface area contributed by atoms with E-state index in [0.29, 0.717) is 5.92 Å². The fourth-order valence-corrected chi connectivity index (χ4v) is 2.98. The number of hydrogen-bond donors (Lipinski definition) is 0. The van der Waals surface area contributed by atoms with Crippen molar-refractivity contribution < 1.29 is 0 Å². The third-order valence-electron chi connectivity index (χ3n) is 4.40. The van der Waals surface area contributed by atoms with Crippen LogP contribution in [0.2, 0.25) is 0 Å². The van der Waals surface area contributed by atoms with Crippen molar-refractivity contribution >= 4 is 0 Å². The molecule has 1 aliphatic heterocycles. The van der Waals surface area contributed by atoms with Gasteiger partial charge in [0.2, 0.25) is 0 Å². The van der Waals surface area contributed by atoms with Crippen LogP contribution in [0.4, 0.5) is 0 Å².